The van der Waals surface area contributed by atoms with Gasteiger partial charge in [0.05, 0.1) is 19.1 Å². The molecule has 2 saturated heterocycles. The highest BCUT2D eigenvalue weighted by atomic mass is 16.5. The predicted molar refractivity (Wildman–Crippen MR) is 145 cm³/mol. The SMILES string of the molecule is COCCCOc1cc(C(=O)N(C[C@@H]2CNC[C@H]2CN(C)C(=O)CC2CCCCO2)C(C)C)ccc1C. The van der Waals surface area contributed by atoms with E-state index in [1.807, 2.05) is 42.0 Å². The third-order valence-electron chi connectivity index (χ3n) is 7.59. The molecule has 0 aromatic heterocycles. The van der Waals surface area contributed by atoms with E-state index in [0.29, 0.717) is 44.2 Å². The molecule has 8 nitrogen and oxygen atoms in total. The highest BCUT2D eigenvalue weighted by molar-refractivity contribution is 5.95. The molecule has 2 amide bonds. The summed E-state index contributed by atoms with van der Waals surface area (Å²) in [6.07, 6.45) is 4.51. The summed E-state index contributed by atoms with van der Waals surface area (Å²) in [7, 11) is 3.57. The molecule has 1 N–H and O–H groups in total. The molecule has 3 rings (SSSR count). The summed E-state index contributed by atoms with van der Waals surface area (Å²) in [4.78, 5) is 30.3. The second-order valence-electron chi connectivity index (χ2n) is 10.9. The standard InChI is InChI=1S/C29H47N3O5/c1-21(2)32(29(34)23-11-10-22(3)27(15-23)37-14-8-12-35-5)20-25-18-30-17-24(25)19-31(4)28(33)16-26-9-6-7-13-36-26/h10-11,15,21,24-26,30H,6-9,12-14,16-20H2,1-5H3/t24-,25-,26?/m0/s1. The molecule has 1 aromatic rings. The van der Waals surface area contributed by atoms with Crippen LogP contribution in [-0.2, 0) is 14.3 Å². The lowest BCUT2D eigenvalue weighted by molar-refractivity contribution is -0.134. The molecule has 0 bridgehead atoms. The number of ether oxygens (including phenoxy) is 3. The lowest BCUT2D eigenvalue weighted by Gasteiger charge is -2.33. The molecule has 37 heavy (non-hydrogen) atoms. The van der Waals surface area contributed by atoms with Crippen molar-refractivity contribution in [2.75, 3.05) is 60.2 Å². The molecule has 1 unspecified atom stereocenters. The highest BCUT2D eigenvalue weighted by Crippen LogP contribution is 2.25. The molecule has 0 spiro atoms. The maximum absolute atomic E-state index is 13.6. The van der Waals surface area contributed by atoms with Crippen molar-refractivity contribution in [3.8, 4) is 5.75 Å². The zero-order chi connectivity index (χ0) is 26.8. The third kappa shape index (κ3) is 8.69. The number of methoxy groups -OCH3 is 1. The summed E-state index contributed by atoms with van der Waals surface area (Å²) in [6.45, 7) is 11.1. The summed E-state index contributed by atoms with van der Waals surface area (Å²) in [6, 6.07) is 5.76. The van der Waals surface area contributed by atoms with Crippen molar-refractivity contribution >= 4 is 11.8 Å². The summed E-state index contributed by atoms with van der Waals surface area (Å²) in [5, 5.41) is 3.49. The molecule has 2 fully saturated rings. The van der Waals surface area contributed by atoms with E-state index in [4.69, 9.17) is 14.2 Å². The number of amides is 2. The first-order chi connectivity index (χ1) is 17.8. The Labute approximate surface area is 223 Å². The topological polar surface area (TPSA) is 80.3 Å². The fraction of sp³-hybridized carbons (Fsp3) is 0.724. The monoisotopic (exact) mass is 517 g/mol. The largest absolute Gasteiger partial charge is 0.493 e. The minimum absolute atomic E-state index is 0.0151. The molecule has 0 radical (unpaired) electrons. The second kappa shape index (κ2) is 14.7. The van der Waals surface area contributed by atoms with Crippen molar-refractivity contribution in [1.82, 2.24) is 15.1 Å². The van der Waals surface area contributed by atoms with Gasteiger partial charge in [-0.15, -0.1) is 0 Å². The fourth-order valence-electron chi connectivity index (χ4n) is 5.21. The molecule has 208 valence electrons. The van der Waals surface area contributed by atoms with E-state index in [9.17, 15) is 9.59 Å². The molecule has 0 aliphatic carbocycles. The van der Waals surface area contributed by atoms with Crippen molar-refractivity contribution < 1.29 is 23.8 Å². The van der Waals surface area contributed by atoms with Crippen LogP contribution in [-0.4, -0.2) is 93.9 Å². The molecular formula is C29H47N3O5. The number of hydrogen-bond acceptors (Lipinski definition) is 6. The summed E-state index contributed by atoms with van der Waals surface area (Å²) < 4.78 is 16.8. The lowest BCUT2D eigenvalue weighted by Crippen LogP contribution is -2.44. The number of nitrogens with zero attached hydrogens (tertiary/aromatic N) is 2. The van der Waals surface area contributed by atoms with Crippen molar-refractivity contribution in [2.24, 2.45) is 11.8 Å². The van der Waals surface area contributed by atoms with Gasteiger partial charge in [0.2, 0.25) is 5.91 Å². The Morgan fingerprint density at radius 2 is 1.89 bits per heavy atom. The minimum Gasteiger partial charge on any atom is -0.493 e. The Kier molecular flexibility index (Phi) is 11.7. The van der Waals surface area contributed by atoms with Gasteiger partial charge < -0.3 is 29.3 Å². The van der Waals surface area contributed by atoms with Crippen molar-refractivity contribution in [3.63, 3.8) is 0 Å². The molecule has 2 aliphatic rings. The molecule has 8 heteroatoms. The van der Waals surface area contributed by atoms with Crippen molar-refractivity contribution in [3.05, 3.63) is 29.3 Å². The third-order valence-corrected chi connectivity index (χ3v) is 7.59. The average Bonchev–Trinajstić information content (AvgIpc) is 3.32. The van der Waals surface area contributed by atoms with Crippen LogP contribution >= 0.6 is 0 Å². The van der Waals surface area contributed by atoms with Gasteiger partial charge in [-0.25, -0.2) is 0 Å². The van der Waals surface area contributed by atoms with Gasteiger partial charge in [0, 0.05) is 71.6 Å². The lowest BCUT2D eigenvalue weighted by atomic mass is 9.93. The van der Waals surface area contributed by atoms with Crippen molar-refractivity contribution in [2.45, 2.75) is 65.0 Å². The molecule has 2 heterocycles. The minimum atomic E-state index is 0.0151. The molecular weight excluding hydrogens is 470 g/mol. The first-order valence-electron chi connectivity index (χ1n) is 13.9. The van der Waals surface area contributed by atoms with Gasteiger partial charge in [0.1, 0.15) is 5.75 Å². The number of hydrogen-bond donors (Lipinski definition) is 1. The van der Waals surface area contributed by atoms with Gasteiger partial charge in [-0.05, 0) is 69.6 Å². The second-order valence-corrected chi connectivity index (χ2v) is 10.9. The van der Waals surface area contributed by atoms with Crippen LogP contribution in [0.4, 0.5) is 0 Å². The van der Waals surface area contributed by atoms with Crippen LogP contribution in [0, 0.1) is 18.8 Å². The zero-order valence-electron chi connectivity index (χ0n) is 23.5. The average molecular weight is 518 g/mol. The van der Waals surface area contributed by atoms with Crippen LogP contribution in [0.25, 0.3) is 0 Å². The Morgan fingerprint density at radius 3 is 2.57 bits per heavy atom. The van der Waals surface area contributed by atoms with Gasteiger partial charge in [-0.2, -0.15) is 0 Å². The number of benzene rings is 1. The maximum Gasteiger partial charge on any atom is 0.254 e. The summed E-state index contributed by atoms with van der Waals surface area (Å²) in [5.41, 5.74) is 1.65. The molecule has 3 atom stereocenters. The summed E-state index contributed by atoms with van der Waals surface area (Å²) in [5.74, 6) is 1.48. The predicted octanol–water partition coefficient (Wildman–Crippen LogP) is 3.51. The van der Waals surface area contributed by atoms with E-state index in [0.717, 1.165) is 56.7 Å². The highest BCUT2D eigenvalue weighted by Gasteiger charge is 2.33. The van der Waals surface area contributed by atoms with Crippen LogP contribution < -0.4 is 10.1 Å². The van der Waals surface area contributed by atoms with E-state index in [1.54, 1.807) is 7.11 Å². The molecule has 0 saturated carbocycles. The first-order valence-corrected chi connectivity index (χ1v) is 13.9. The number of carbonyl (C=O) groups excluding carboxylic acids is 2. The zero-order valence-corrected chi connectivity index (χ0v) is 23.5. The Morgan fingerprint density at radius 1 is 1.14 bits per heavy atom. The Bertz CT molecular complexity index is 871. The number of carbonyl (C=O) groups is 2. The van der Waals surface area contributed by atoms with Crippen LogP contribution in [0.3, 0.4) is 0 Å². The fourth-order valence-corrected chi connectivity index (χ4v) is 5.21. The molecule has 2 aliphatic heterocycles. The van der Waals surface area contributed by atoms with E-state index in [1.165, 1.54) is 0 Å². The Hall–Kier alpha value is -2.16. The van der Waals surface area contributed by atoms with E-state index in [-0.39, 0.29) is 29.9 Å². The maximum atomic E-state index is 13.6. The van der Waals surface area contributed by atoms with Crippen LogP contribution in [0.2, 0.25) is 0 Å². The summed E-state index contributed by atoms with van der Waals surface area (Å²) >= 11 is 0. The quantitative estimate of drug-likeness (QED) is 0.404. The van der Waals surface area contributed by atoms with Gasteiger partial charge in [-0.3, -0.25) is 9.59 Å². The molecule has 1 aromatic carbocycles. The van der Waals surface area contributed by atoms with Gasteiger partial charge in [0.15, 0.2) is 0 Å². The first kappa shape index (κ1) is 29.4. The van der Waals surface area contributed by atoms with Crippen LogP contribution in [0.1, 0.15) is 61.9 Å². The smallest absolute Gasteiger partial charge is 0.254 e. The van der Waals surface area contributed by atoms with E-state index in [2.05, 4.69) is 19.2 Å². The Balaban J connectivity index is 1.60. The van der Waals surface area contributed by atoms with Gasteiger partial charge in [-0.1, -0.05) is 6.07 Å². The van der Waals surface area contributed by atoms with Crippen molar-refractivity contribution in [1.29, 1.82) is 0 Å². The van der Waals surface area contributed by atoms with Gasteiger partial charge in [0.25, 0.3) is 5.91 Å². The number of rotatable bonds is 13. The van der Waals surface area contributed by atoms with E-state index < -0.39 is 0 Å². The van der Waals surface area contributed by atoms with Crippen LogP contribution in [0.5, 0.6) is 5.75 Å². The van der Waals surface area contributed by atoms with Crippen LogP contribution in [0.15, 0.2) is 18.2 Å². The number of nitrogens with one attached hydrogen (secondary N) is 1. The van der Waals surface area contributed by atoms with Gasteiger partial charge >= 0.3 is 0 Å². The van der Waals surface area contributed by atoms with E-state index >= 15 is 0 Å². The number of aryl methyl sites for hydroxylation is 1. The normalized spacial score (nSPS) is 21.7.